The molecule has 1 aliphatic heterocycles. The number of hydrogen-bond acceptors (Lipinski definition) is 6. The van der Waals surface area contributed by atoms with Gasteiger partial charge in [0, 0.05) is 21.3 Å². The van der Waals surface area contributed by atoms with Gasteiger partial charge in [0.05, 0.1) is 34.0 Å². The van der Waals surface area contributed by atoms with Gasteiger partial charge in [-0.2, -0.15) is 0 Å². The van der Waals surface area contributed by atoms with Crippen LogP contribution >= 0.6 is 46.1 Å². The first kappa shape index (κ1) is 31.6. The SMILES string of the molecule is COc1cc(/C=c2\sc3n(c2=O)[C@H](c2ccccc2)C(C(=O)Nc2ccccc2)=C(C)N=3)cc(Cl)c1OCc1ccc(Cl)cc1Cl. The van der Waals surface area contributed by atoms with E-state index in [2.05, 4.69) is 5.32 Å². The number of halogens is 3. The van der Waals surface area contributed by atoms with Gasteiger partial charge in [0.15, 0.2) is 16.3 Å². The number of anilines is 1. The van der Waals surface area contributed by atoms with Crippen LogP contribution in [-0.2, 0) is 11.4 Å². The first-order chi connectivity index (χ1) is 22.2. The van der Waals surface area contributed by atoms with Crippen LogP contribution < -0.4 is 29.7 Å². The minimum Gasteiger partial charge on any atom is -0.493 e. The maximum Gasteiger partial charge on any atom is 0.271 e. The third-order valence-electron chi connectivity index (χ3n) is 7.35. The van der Waals surface area contributed by atoms with Crippen LogP contribution in [0.2, 0.25) is 15.1 Å². The highest BCUT2D eigenvalue weighted by Gasteiger charge is 2.32. The molecule has 0 saturated heterocycles. The number of rotatable bonds is 8. The standard InChI is InChI=1S/C35H26Cl3N3O4S/c1-20-30(33(42)40-25-11-7-4-8-12-25)31(22-9-5-3-6-10-22)41-34(43)29(46-35(41)39-20)17-21-15-27(38)32(28(16-21)44-2)45-19-23-13-14-24(36)18-26(23)37/h3-18,31H,19H2,1-2H3,(H,40,42)/b29-17-/t31-/m1/s1. The zero-order valence-electron chi connectivity index (χ0n) is 24.6. The molecule has 6 rings (SSSR count). The largest absolute Gasteiger partial charge is 0.493 e. The summed E-state index contributed by atoms with van der Waals surface area (Å²) in [5.74, 6) is 0.389. The van der Waals surface area contributed by atoms with Gasteiger partial charge in [-0.25, -0.2) is 4.99 Å². The summed E-state index contributed by atoms with van der Waals surface area (Å²) < 4.78 is 13.6. The molecule has 1 N–H and O–H groups in total. The van der Waals surface area contributed by atoms with Crippen molar-refractivity contribution in [3.8, 4) is 11.5 Å². The first-order valence-electron chi connectivity index (χ1n) is 14.1. The summed E-state index contributed by atoms with van der Waals surface area (Å²) in [7, 11) is 1.51. The minimum absolute atomic E-state index is 0.142. The first-order valence-corrected chi connectivity index (χ1v) is 16.1. The molecule has 0 unspecified atom stereocenters. The molecule has 232 valence electrons. The molecule has 4 aromatic carbocycles. The number of amides is 1. The number of carbonyl (C=O) groups is 1. The highest BCUT2D eigenvalue weighted by Crippen LogP contribution is 2.38. The Hall–Kier alpha value is -4.34. The van der Waals surface area contributed by atoms with E-state index in [-0.39, 0.29) is 18.1 Å². The van der Waals surface area contributed by atoms with Crippen molar-refractivity contribution in [3.05, 3.63) is 154 Å². The van der Waals surface area contributed by atoms with Crippen LogP contribution in [0, 0.1) is 0 Å². The molecule has 0 radical (unpaired) electrons. The molecular formula is C35H26Cl3N3O4S. The lowest BCUT2D eigenvalue weighted by atomic mass is 9.95. The van der Waals surface area contributed by atoms with Crippen LogP contribution in [0.4, 0.5) is 5.69 Å². The molecule has 1 atom stereocenters. The van der Waals surface area contributed by atoms with Gasteiger partial charge in [-0.15, -0.1) is 0 Å². The van der Waals surface area contributed by atoms with Crippen molar-refractivity contribution < 1.29 is 14.3 Å². The predicted molar refractivity (Wildman–Crippen MR) is 184 cm³/mol. The summed E-state index contributed by atoms with van der Waals surface area (Å²) in [6.45, 7) is 1.93. The fourth-order valence-electron chi connectivity index (χ4n) is 5.19. The van der Waals surface area contributed by atoms with E-state index in [9.17, 15) is 9.59 Å². The summed E-state index contributed by atoms with van der Waals surface area (Å²) in [5, 5.41) is 4.25. The topological polar surface area (TPSA) is 81.9 Å². The van der Waals surface area contributed by atoms with Crippen molar-refractivity contribution in [1.29, 1.82) is 0 Å². The van der Waals surface area contributed by atoms with Crippen molar-refractivity contribution in [3.63, 3.8) is 0 Å². The van der Waals surface area contributed by atoms with E-state index in [4.69, 9.17) is 49.3 Å². The molecule has 11 heteroatoms. The quantitative estimate of drug-likeness (QED) is 0.184. The van der Waals surface area contributed by atoms with Gasteiger partial charge in [-0.3, -0.25) is 14.2 Å². The molecule has 2 heterocycles. The lowest BCUT2D eigenvalue weighted by molar-refractivity contribution is -0.113. The molecule has 7 nitrogen and oxygen atoms in total. The average molecular weight is 691 g/mol. The van der Waals surface area contributed by atoms with Crippen molar-refractivity contribution in [2.75, 3.05) is 12.4 Å². The normalized spacial score (nSPS) is 14.5. The Bertz CT molecular complexity index is 2160. The van der Waals surface area contributed by atoms with Crippen LogP contribution in [0.3, 0.4) is 0 Å². The Morgan fingerprint density at radius 3 is 2.39 bits per heavy atom. The number of nitrogens with one attached hydrogen (secondary N) is 1. The second kappa shape index (κ2) is 13.6. The fraction of sp³-hybridized carbons (Fsp3) is 0.114. The number of aromatic nitrogens is 1. The zero-order chi connectivity index (χ0) is 32.4. The van der Waals surface area contributed by atoms with Gasteiger partial charge in [0.2, 0.25) is 0 Å². The lowest BCUT2D eigenvalue weighted by Gasteiger charge is -2.25. The molecule has 1 aromatic heterocycles. The molecule has 46 heavy (non-hydrogen) atoms. The van der Waals surface area contributed by atoms with Gasteiger partial charge in [0.25, 0.3) is 11.5 Å². The van der Waals surface area contributed by atoms with E-state index in [1.54, 1.807) is 47.9 Å². The van der Waals surface area contributed by atoms with Crippen LogP contribution in [0.25, 0.3) is 6.08 Å². The summed E-state index contributed by atoms with van der Waals surface area (Å²) in [6, 6.07) is 26.5. The molecule has 1 aliphatic rings. The predicted octanol–water partition coefficient (Wildman–Crippen LogP) is 7.42. The number of hydrogen-bond donors (Lipinski definition) is 1. The maximum absolute atomic E-state index is 14.1. The number of ether oxygens (including phenoxy) is 2. The Balaban J connectivity index is 1.38. The highest BCUT2D eigenvalue weighted by molar-refractivity contribution is 7.07. The van der Waals surface area contributed by atoms with Gasteiger partial charge in [-0.05, 0) is 60.5 Å². The van der Waals surface area contributed by atoms with Crippen LogP contribution in [-0.4, -0.2) is 17.6 Å². The van der Waals surface area contributed by atoms with Crippen molar-refractivity contribution in [2.45, 2.75) is 19.6 Å². The van der Waals surface area contributed by atoms with E-state index in [0.717, 1.165) is 11.1 Å². The van der Waals surface area contributed by atoms with Gasteiger partial charge in [-0.1, -0.05) is 101 Å². The summed E-state index contributed by atoms with van der Waals surface area (Å²) in [5.41, 5.74) is 3.42. The van der Waals surface area contributed by atoms with E-state index in [0.29, 0.717) is 58.4 Å². The lowest BCUT2D eigenvalue weighted by Crippen LogP contribution is -2.40. The van der Waals surface area contributed by atoms with Gasteiger partial charge >= 0.3 is 0 Å². The number of benzene rings is 4. The summed E-state index contributed by atoms with van der Waals surface area (Å²) in [4.78, 5) is 33.0. The fourth-order valence-corrected chi connectivity index (χ4v) is 6.97. The summed E-state index contributed by atoms with van der Waals surface area (Å²) in [6.07, 6.45) is 1.73. The number of allylic oxidation sites excluding steroid dienone is 1. The van der Waals surface area contributed by atoms with Crippen molar-refractivity contribution in [1.82, 2.24) is 4.57 Å². The van der Waals surface area contributed by atoms with E-state index >= 15 is 0 Å². The van der Waals surface area contributed by atoms with E-state index in [1.165, 1.54) is 18.4 Å². The van der Waals surface area contributed by atoms with Gasteiger partial charge in [0.1, 0.15) is 6.61 Å². The third kappa shape index (κ3) is 6.48. The smallest absolute Gasteiger partial charge is 0.271 e. The molecule has 0 aliphatic carbocycles. The number of thiazole rings is 1. The monoisotopic (exact) mass is 689 g/mol. The van der Waals surface area contributed by atoms with E-state index < -0.39 is 6.04 Å². The number of fused-ring (bicyclic) bond motifs is 1. The Kier molecular flexibility index (Phi) is 9.33. The molecule has 0 saturated carbocycles. The van der Waals surface area contributed by atoms with Crippen molar-refractivity contribution in [2.24, 2.45) is 4.99 Å². The second-order valence-corrected chi connectivity index (χ2v) is 12.6. The number of nitrogens with zero attached hydrogens (tertiary/aromatic N) is 2. The van der Waals surface area contributed by atoms with E-state index in [1.807, 2.05) is 60.7 Å². The molecule has 0 fully saturated rings. The van der Waals surface area contributed by atoms with Crippen LogP contribution in [0.1, 0.15) is 29.7 Å². The van der Waals surface area contributed by atoms with Crippen molar-refractivity contribution >= 4 is 63.8 Å². The molecule has 0 spiro atoms. The Morgan fingerprint density at radius 2 is 1.70 bits per heavy atom. The third-order valence-corrected chi connectivity index (χ3v) is 9.20. The highest BCUT2D eigenvalue weighted by atomic mass is 35.5. The van der Waals surface area contributed by atoms with Gasteiger partial charge < -0.3 is 14.8 Å². The zero-order valence-corrected chi connectivity index (χ0v) is 27.7. The molecule has 5 aromatic rings. The Morgan fingerprint density at radius 1 is 0.978 bits per heavy atom. The number of methoxy groups -OCH3 is 1. The minimum atomic E-state index is -0.683. The average Bonchev–Trinajstić information content (AvgIpc) is 3.34. The molecular weight excluding hydrogens is 665 g/mol. The van der Waals surface area contributed by atoms with Crippen LogP contribution in [0.5, 0.6) is 11.5 Å². The number of para-hydroxylation sites is 1. The summed E-state index contributed by atoms with van der Waals surface area (Å²) >= 11 is 20.2. The maximum atomic E-state index is 14.1. The molecule has 0 bridgehead atoms. The molecule has 1 amide bonds. The second-order valence-electron chi connectivity index (χ2n) is 10.4. The number of carbonyl (C=O) groups excluding carboxylic acids is 1. The Labute approximate surface area is 283 Å². The van der Waals surface area contributed by atoms with Crippen LogP contribution in [0.15, 0.2) is 112 Å².